The third-order valence-electron chi connectivity index (χ3n) is 3.63. The Morgan fingerprint density at radius 1 is 1.38 bits per heavy atom. The molecule has 0 aromatic heterocycles. The fourth-order valence-corrected chi connectivity index (χ4v) is 2.26. The Morgan fingerprint density at radius 2 is 2.14 bits per heavy atom. The summed E-state index contributed by atoms with van der Waals surface area (Å²) in [6, 6.07) is 6.56. The minimum atomic E-state index is 0.104. The van der Waals surface area contributed by atoms with Crippen LogP contribution in [0.15, 0.2) is 18.2 Å². The standard InChI is InChI=1S/C18H27NO2/c1-5-8-15(2)19(3)14-17-13-16(9-6-7-12-20)10-11-18(17)21-4/h10-11,13,15,20H,5,7-8,12,14H2,1-4H3. The highest BCUT2D eigenvalue weighted by Crippen LogP contribution is 2.22. The molecule has 0 saturated heterocycles. The maximum atomic E-state index is 8.78. The smallest absolute Gasteiger partial charge is 0.123 e. The van der Waals surface area contributed by atoms with Gasteiger partial charge in [-0.1, -0.05) is 25.2 Å². The molecule has 1 aromatic carbocycles. The van der Waals surface area contributed by atoms with Gasteiger partial charge < -0.3 is 9.84 Å². The second kappa shape index (κ2) is 9.44. The van der Waals surface area contributed by atoms with E-state index in [9.17, 15) is 0 Å². The van der Waals surface area contributed by atoms with Gasteiger partial charge in [0.05, 0.1) is 13.7 Å². The highest BCUT2D eigenvalue weighted by atomic mass is 16.5. The zero-order valence-corrected chi connectivity index (χ0v) is 13.6. The van der Waals surface area contributed by atoms with Crippen molar-refractivity contribution in [2.75, 3.05) is 20.8 Å². The Hall–Kier alpha value is -1.50. The average molecular weight is 289 g/mol. The number of ether oxygens (including phenoxy) is 1. The van der Waals surface area contributed by atoms with Gasteiger partial charge >= 0.3 is 0 Å². The maximum Gasteiger partial charge on any atom is 0.123 e. The van der Waals surface area contributed by atoms with Crippen LogP contribution in [0.5, 0.6) is 5.75 Å². The van der Waals surface area contributed by atoms with Gasteiger partial charge in [0.1, 0.15) is 5.75 Å². The van der Waals surface area contributed by atoms with Gasteiger partial charge in [-0.15, -0.1) is 0 Å². The lowest BCUT2D eigenvalue weighted by atomic mass is 10.1. The van der Waals surface area contributed by atoms with Crippen LogP contribution in [0.1, 0.15) is 44.2 Å². The molecule has 1 unspecified atom stereocenters. The topological polar surface area (TPSA) is 32.7 Å². The Bertz CT molecular complexity index is 488. The van der Waals surface area contributed by atoms with Gasteiger partial charge in [0, 0.05) is 30.1 Å². The van der Waals surface area contributed by atoms with Crippen molar-refractivity contribution < 1.29 is 9.84 Å². The number of nitrogens with zero attached hydrogens (tertiary/aromatic N) is 1. The van der Waals surface area contributed by atoms with Crippen LogP contribution in [0.2, 0.25) is 0 Å². The number of benzene rings is 1. The number of methoxy groups -OCH3 is 1. The van der Waals surface area contributed by atoms with Gasteiger partial charge in [0.15, 0.2) is 0 Å². The monoisotopic (exact) mass is 289 g/mol. The quantitative estimate of drug-likeness (QED) is 0.783. The van der Waals surface area contributed by atoms with Gasteiger partial charge in [-0.25, -0.2) is 0 Å². The van der Waals surface area contributed by atoms with Gasteiger partial charge in [-0.2, -0.15) is 0 Å². The first-order valence-electron chi connectivity index (χ1n) is 7.59. The summed E-state index contributed by atoms with van der Waals surface area (Å²) in [7, 11) is 3.84. The molecule has 0 fully saturated rings. The van der Waals surface area contributed by atoms with Crippen LogP contribution < -0.4 is 4.74 Å². The highest BCUT2D eigenvalue weighted by Gasteiger charge is 2.12. The molecule has 0 aliphatic rings. The lowest BCUT2D eigenvalue weighted by Crippen LogP contribution is -2.28. The largest absolute Gasteiger partial charge is 0.496 e. The van der Waals surface area contributed by atoms with E-state index in [0.717, 1.165) is 23.4 Å². The van der Waals surface area contributed by atoms with Crippen molar-refractivity contribution in [2.45, 2.75) is 45.7 Å². The molecular weight excluding hydrogens is 262 g/mol. The Balaban J connectivity index is 2.88. The van der Waals surface area contributed by atoms with E-state index in [1.165, 1.54) is 12.8 Å². The first kappa shape index (κ1) is 17.6. The lowest BCUT2D eigenvalue weighted by Gasteiger charge is -2.25. The molecule has 1 rings (SSSR count). The van der Waals surface area contributed by atoms with Crippen molar-refractivity contribution in [1.82, 2.24) is 4.90 Å². The molecule has 116 valence electrons. The lowest BCUT2D eigenvalue weighted by molar-refractivity contribution is 0.233. The van der Waals surface area contributed by atoms with Gasteiger partial charge in [-0.3, -0.25) is 4.90 Å². The van der Waals surface area contributed by atoms with Crippen molar-refractivity contribution in [3.8, 4) is 17.6 Å². The van der Waals surface area contributed by atoms with E-state index in [4.69, 9.17) is 9.84 Å². The summed E-state index contributed by atoms with van der Waals surface area (Å²) >= 11 is 0. The molecule has 0 spiro atoms. The molecule has 1 aromatic rings. The average Bonchev–Trinajstić information content (AvgIpc) is 2.48. The van der Waals surface area contributed by atoms with Gasteiger partial charge in [0.2, 0.25) is 0 Å². The van der Waals surface area contributed by atoms with Crippen LogP contribution in [-0.2, 0) is 6.54 Å². The fourth-order valence-electron chi connectivity index (χ4n) is 2.26. The predicted molar refractivity (Wildman–Crippen MR) is 87.4 cm³/mol. The zero-order valence-electron chi connectivity index (χ0n) is 13.6. The van der Waals surface area contributed by atoms with Crippen molar-refractivity contribution in [3.63, 3.8) is 0 Å². The number of aliphatic hydroxyl groups excluding tert-OH is 1. The minimum Gasteiger partial charge on any atom is -0.496 e. The zero-order chi connectivity index (χ0) is 15.7. The molecule has 0 amide bonds. The van der Waals surface area contributed by atoms with Gasteiger partial charge in [0.25, 0.3) is 0 Å². The Kier molecular flexibility index (Phi) is 7.89. The molecule has 3 nitrogen and oxygen atoms in total. The van der Waals surface area contributed by atoms with Crippen molar-refractivity contribution in [3.05, 3.63) is 29.3 Å². The fraction of sp³-hybridized carbons (Fsp3) is 0.556. The summed E-state index contributed by atoms with van der Waals surface area (Å²) in [6.45, 7) is 5.41. The first-order valence-corrected chi connectivity index (χ1v) is 7.59. The van der Waals surface area contributed by atoms with E-state index in [-0.39, 0.29) is 6.61 Å². The van der Waals surface area contributed by atoms with Crippen LogP contribution in [0, 0.1) is 11.8 Å². The van der Waals surface area contributed by atoms with Crippen LogP contribution in [0.3, 0.4) is 0 Å². The molecule has 1 atom stereocenters. The SMILES string of the molecule is CCCC(C)N(C)Cc1cc(C#CCCO)ccc1OC. The molecule has 0 radical (unpaired) electrons. The van der Waals surface area contributed by atoms with Crippen molar-refractivity contribution >= 4 is 0 Å². The summed E-state index contributed by atoms with van der Waals surface area (Å²) in [6.07, 6.45) is 2.89. The molecule has 0 saturated carbocycles. The number of hydrogen-bond acceptors (Lipinski definition) is 3. The third kappa shape index (κ3) is 5.79. The Morgan fingerprint density at radius 3 is 2.76 bits per heavy atom. The van der Waals surface area contributed by atoms with Crippen LogP contribution in [-0.4, -0.2) is 36.8 Å². The molecule has 1 N–H and O–H groups in total. The van der Waals surface area contributed by atoms with Crippen LogP contribution >= 0.6 is 0 Å². The minimum absolute atomic E-state index is 0.104. The molecule has 21 heavy (non-hydrogen) atoms. The van der Waals surface area contributed by atoms with E-state index < -0.39 is 0 Å². The van der Waals surface area contributed by atoms with E-state index in [1.807, 2.05) is 12.1 Å². The summed E-state index contributed by atoms with van der Waals surface area (Å²) in [4.78, 5) is 2.34. The number of hydrogen-bond donors (Lipinski definition) is 1. The molecule has 0 aliphatic carbocycles. The van der Waals surface area contributed by atoms with Gasteiger partial charge in [-0.05, 0) is 38.6 Å². The van der Waals surface area contributed by atoms with Crippen molar-refractivity contribution in [1.29, 1.82) is 0 Å². The van der Waals surface area contributed by atoms with Crippen molar-refractivity contribution in [2.24, 2.45) is 0 Å². The molecule has 0 heterocycles. The maximum absolute atomic E-state index is 8.78. The predicted octanol–water partition coefficient (Wildman–Crippen LogP) is 3.05. The summed E-state index contributed by atoms with van der Waals surface area (Å²) in [5.74, 6) is 6.94. The van der Waals surface area contributed by atoms with Crippen LogP contribution in [0.4, 0.5) is 0 Å². The Labute approximate surface area is 128 Å². The second-order valence-electron chi connectivity index (χ2n) is 5.35. The molecular formula is C18H27NO2. The molecule has 0 bridgehead atoms. The first-order chi connectivity index (χ1) is 10.1. The molecule has 3 heteroatoms. The summed E-state index contributed by atoms with van der Waals surface area (Å²) in [5.41, 5.74) is 2.12. The normalized spacial score (nSPS) is 11.9. The summed E-state index contributed by atoms with van der Waals surface area (Å²) < 4.78 is 5.45. The van der Waals surface area contributed by atoms with E-state index >= 15 is 0 Å². The van der Waals surface area contributed by atoms with E-state index in [0.29, 0.717) is 12.5 Å². The van der Waals surface area contributed by atoms with E-state index in [1.54, 1.807) is 7.11 Å². The number of aliphatic hydroxyl groups is 1. The summed E-state index contributed by atoms with van der Waals surface area (Å²) in [5, 5.41) is 8.78. The molecule has 0 aliphatic heterocycles. The van der Waals surface area contributed by atoms with E-state index in [2.05, 4.69) is 43.7 Å². The second-order valence-corrected chi connectivity index (χ2v) is 5.35. The number of rotatable bonds is 7. The highest BCUT2D eigenvalue weighted by molar-refractivity contribution is 5.44. The van der Waals surface area contributed by atoms with Crippen LogP contribution in [0.25, 0.3) is 0 Å². The third-order valence-corrected chi connectivity index (χ3v) is 3.63.